The molecule has 0 bridgehead atoms. The molecular formula is C3H3B. The van der Waals surface area contributed by atoms with E-state index in [1.165, 1.54) is 13.7 Å². The van der Waals surface area contributed by atoms with Crippen molar-refractivity contribution in [1.29, 1.82) is 0 Å². The molecule has 0 saturated heterocycles. The molecule has 1 heterocycles. The quantitative estimate of drug-likeness (QED) is 0.340. The fraction of sp³-hybridized carbons (Fsp3) is 0.333. The molecule has 0 fully saturated rings. The minimum absolute atomic E-state index is 1.42. The van der Waals surface area contributed by atoms with Gasteiger partial charge in [-0.3, -0.25) is 0 Å². The Morgan fingerprint density at radius 2 is 1.75 bits per heavy atom. The molecule has 0 unspecified atom stereocenters. The average molecular weight is 49.9 g/mol. The molecule has 4 heavy (non-hydrogen) atoms. The summed E-state index contributed by atoms with van der Waals surface area (Å²) < 4.78 is 0. The first-order valence-corrected chi connectivity index (χ1v) is 1.66. The molecule has 18 valence electrons. The smallest absolute Gasteiger partial charge is 0.106 e. The summed E-state index contributed by atoms with van der Waals surface area (Å²) in [6, 6.07) is 0. The molecule has 0 aromatic rings. The summed E-state index contributed by atoms with van der Waals surface area (Å²) in [5, 5.41) is 0. The van der Waals surface area contributed by atoms with Crippen LogP contribution < -0.4 is 0 Å². The van der Waals surface area contributed by atoms with Gasteiger partial charge < -0.3 is 0 Å². The van der Waals surface area contributed by atoms with Gasteiger partial charge in [-0.05, 0) is 6.42 Å². The van der Waals surface area contributed by atoms with Gasteiger partial charge in [-0.2, -0.15) is 0 Å². The lowest BCUT2D eigenvalue weighted by Crippen LogP contribution is -1.71. The van der Waals surface area contributed by atoms with E-state index < -0.39 is 0 Å². The summed E-state index contributed by atoms with van der Waals surface area (Å²) in [5.41, 5.74) is 3.50. The maximum Gasteiger partial charge on any atom is 0.180 e. The van der Waals surface area contributed by atoms with E-state index in [1.807, 2.05) is 0 Å². The molecule has 0 N–H and O–H groups in total. The standard InChI is InChI=1S/C3H3B/c1-2-3(1)4-2/h4H,1H2. The lowest BCUT2D eigenvalue weighted by molar-refractivity contribution is 1.58. The van der Waals surface area contributed by atoms with Gasteiger partial charge in [-0.15, -0.1) is 10.9 Å². The molecule has 0 aromatic heterocycles. The monoisotopic (exact) mass is 50.0 g/mol. The fourth-order valence-corrected chi connectivity index (χ4v) is 0.375. The normalized spacial score (nSPS) is 28.0. The zero-order valence-corrected chi connectivity index (χ0v) is 2.41. The van der Waals surface area contributed by atoms with E-state index in [-0.39, 0.29) is 0 Å². The van der Waals surface area contributed by atoms with Gasteiger partial charge in [0.1, 0.15) is 0 Å². The summed E-state index contributed by atoms with van der Waals surface area (Å²) in [7, 11) is 1.42. The Kier molecular flexibility index (Phi) is 0.0486. The topological polar surface area (TPSA) is 0 Å². The Morgan fingerprint density at radius 3 is 1.75 bits per heavy atom. The van der Waals surface area contributed by atoms with E-state index in [0.717, 1.165) is 0 Å². The highest BCUT2D eigenvalue weighted by molar-refractivity contribution is 6.73. The van der Waals surface area contributed by atoms with Crippen molar-refractivity contribution >= 4 is 7.28 Å². The van der Waals surface area contributed by atoms with Crippen LogP contribution in [0.2, 0.25) is 0 Å². The number of hydrogen-bond acceptors (Lipinski definition) is 0. The molecular weight excluding hydrogens is 46.8 g/mol. The highest BCUT2D eigenvalue weighted by Gasteiger charge is 2.36. The van der Waals surface area contributed by atoms with Crippen LogP contribution in [0.3, 0.4) is 0 Å². The Hall–Kier alpha value is -0.195. The van der Waals surface area contributed by atoms with Crippen LogP contribution in [-0.2, 0) is 0 Å². The molecule has 0 radical (unpaired) electrons. The van der Waals surface area contributed by atoms with Crippen LogP contribution in [0.25, 0.3) is 0 Å². The average Bonchev–Trinajstić information content (AvgIpc) is 1.36. The van der Waals surface area contributed by atoms with Crippen LogP contribution in [0.15, 0.2) is 10.9 Å². The summed E-state index contributed by atoms with van der Waals surface area (Å²) in [6.45, 7) is 0. The van der Waals surface area contributed by atoms with E-state index in [4.69, 9.17) is 0 Å². The third-order valence-electron chi connectivity index (χ3n) is 1.10. The number of hydrogen-bond donors (Lipinski definition) is 0. The van der Waals surface area contributed by atoms with Crippen LogP contribution in [-0.4, -0.2) is 7.28 Å². The Balaban J connectivity index is 2.77. The second kappa shape index (κ2) is 0.150. The van der Waals surface area contributed by atoms with Crippen LogP contribution in [0.1, 0.15) is 6.42 Å². The summed E-state index contributed by atoms with van der Waals surface area (Å²) in [6.07, 6.45) is 1.42. The van der Waals surface area contributed by atoms with Crippen molar-refractivity contribution in [3.63, 3.8) is 0 Å². The molecule has 0 aromatic carbocycles. The van der Waals surface area contributed by atoms with Gasteiger partial charge in [0.05, 0.1) is 0 Å². The highest BCUT2D eigenvalue weighted by atomic mass is 14.2. The van der Waals surface area contributed by atoms with E-state index >= 15 is 0 Å². The zero-order valence-electron chi connectivity index (χ0n) is 2.41. The van der Waals surface area contributed by atoms with Gasteiger partial charge in [0, 0.05) is 0 Å². The van der Waals surface area contributed by atoms with Crippen LogP contribution >= 0.6 is 0 Å². The molecule has 2 rings (SSSR count). The first-order valence-electron chi connectivity index (χ1n) is 1.66. The van der Waals surface area contributed by atoms with Crippen molar-refractivity contribution in [2.24, 2.45) is 0 Å². The van der Waals surface area contributed by atoms with E-state index in [1.54, 1.807) is 10.9 Å². The summed E-state index contributed by atoms with van der Waals surface area (Å²) in [4.78, 5) is 0. The molecule has 0 saturated carbocycles. The molecule has 1 heteroatoms. The minimum Gasteiger partial charge on any atom is -0.106 e. The van der Waals surface area contributed by atoms with Crippen molar-refractivity contribution in [2.45, 2.75) is 6.42 Å². The highest BCUT2D eigenvalue weighted by Crippen LogP contribution is 2.44. The zero-order chi connectivity index (χ0) is 2.57. The van der Waals surface area contributed by atoms with E-state index in [2.05, 4.69) is 0 Å². The first kappa shape index (κ1) is 1.30. The van der Waals surface area contributed by atoms with Gasteiger partial charge in [-0.1, -0.05) is 0 Å². The lowest BCUT2D eigenvalue weighted by Gasteiger charge is -1.68. The van der Waals surface area contributed by atoms with Gasteiger partial charge in [0.2, 0.25) is 0 Å². The lowest BCUT2D eigenvalue weighted by atomic mass is 9.81. The largest absolute Gasteiger partial charge is 0.180 e. The molecule has 0 amide bonds. The molecule has 0 atom stereocenters. The first-order chi connectivity index (χ1) is 1.97. The summed E-state index contributed by atoms with van der Waals surface area (Å²) in [5.74, 6) is 0. The van der Waals surface area contributed by atoms with Crippen molar-refractivity contribution in [1.82, 2.24) is 0 Å². The second-order valence-electron chi connectivity index (χ2n) is 1.56. The number of rotatable bonds is 0. The molecule has 0 spiro atoms. The van der Waals surface area contributed by atoms with Gasteiger partial charge >= 0.3 is 0 Å². The fourth-order valence-electron chi connectivity index (χ4n) is 0.375. The second-order valence-corrected chi connectivity index (χ2v) is 1.56. The van der Waals surface area contributed by atoms with Gasteiger partial charge in [0.25, 0.3) is 0 Å². The van der Waals surface area contributed by atoms with E-state index in [0.29, 0.717) is 0 Å². The van der Waals surface area contributed by atoms with Crippen LogP contribution in [0, 0.1) is 0 Å². The van der Waals surface area contributed by atoms with E-state index in [9.17, 15) is 0 Å². The van der Waals surface area contributed by atoms with Gasteiger partial charge in [-0.25, -0.2) is 0 Å². The predicted octanol–water partition coefficient (Wildman–Crippen LogP) is 0.0518. The van der Waals surface area contributed by atoms with Gasteiger partial charge in [0.15, 0.2) is 7.28 Å². The Bertz CT molecular complexity index is 71.5. The molecule has 1 aliphatic carbocycles. The predicted molar refractivity (Wildman–Crippen MR) is 18.8 cm³/mol. The van der Waals surface area contributed by atoms with Crippen LogP contribution in [0.4, 0.5) is 0 Å². The molecule has 0 nitrogen and oxygen atoms in total. The summed E-state index contributed by atoms with van der Waals surface area (Å²) >= 11 is 0. The SMILES string of the molecule is B1C2=C1C2. The minimum atomic E-state index is 1.42. The van der Waals surface area contributed by atoms with Crippen molar-refractivity contribution in [2.75, 3.05) is 0 Å². The number of allylic oxidation sites excluding steroid dienone is 2. The maximum atomic E-state index is 1.75. The van der Waals surface area contributed by atoms with Crippen molar-refractivity contribution in [3.05, 3.63) is 10.9 Å². The Labute approximate surface area is 25.8 Å². The van der Waals surface area contributed by atoms with Crippen molar-refractivity contribution < 1.29 is 0 Å². The third-order valence-corrected chi connectivity index (χ3v) is 1.10. The molecule has 1 aliphatic heterocycles. The Morgan fingerprint density at radius 1 is 1.50 bits per heavy atom. The maximum absolute atomic E-state index is 1.75. The van der Waals surface area contributed by atoms with Crippen LogP contribution in [0.5, 0.6) is 0 Å². The van der Waals surface area contributed by atoms with Crippen molar-refractivity contribution in [3.8, 4) is 0 Å². The third kappa shape index (κ3) is 0.0192. The molecule has 2 aliphatic rings.